The first-order valence-electron chi connectivity index (χ1n) is 9.14. The predicted octanol–water partition coefficient (Wildman–Crippen LogP) is 3.87. The minimum atomic E-state index is -4.91. The minimum Gasteiger partial charge on any atom is -0.443 e. The van der Waals surface area contributed by atoms with Crippen molar-refractivity contribution in [2.45, 2.75) is 25.6 Å². The summed E-state index contributed by atoms with van der Waals surface area (Å²) in [7, 11) is 0. The van der Waals surface area contributed by atoms with Gasteiger partial charge in [-0.25, -0.2) is 4.39 Å². The molecule has 0 saturated heterocycles. The number of pyridine rings is 1. The zero-order chi connectivity index (χ0) is 22.9. The molecule has 9 nitrogen and oxygen atoms in total. The molecule has 32 heavy (non-hydrogen) atoms. The molecule has 4 rings (SSSR count). The highest BCUT2D eigenvalue weighted by molar-refractivity contribution is 5.64. The molecular formula is C19H14F4N4O5. The Bertz CT molecular complexity index is 1130. The smallest absolute Gasteiger partial charge is 0.443 e. The summed E-state index contributed by atoms with van der Waals surface area (Å²) in [5.74, 6) is -1.86. The first-order valence-corrected chi connectivity index (χ1v) is 9.14. The molecule has 168 valence electrons. The summed E-state index contributed by atoms with van der Waals surface area (Å²) in [5.41, 5.74) is 0.948. The first kappa shape index (κ1) is 21.5. The van der Waals surface area contributed by atoms with Gasteiger partial charge in [-0.3, -0.25) is 9.55 Å². The van der Waals surface area contributed by atoms with E-state index in [1.54, 1.807) is 12.1 Å². The summed E-state index contributed by atoms with van der Waals surface area (Å²) in [6.45, 7) is 0.566. The van der Waals surface area contributed by atoms with Gasteiger partial charge in [0.25, 0.3) is 0 Å². The number of alkyl halides is 3. The van der Waals surface area contributed by atoms with Crippen LogP contribution in [0, 0.1) is 15.9 Å². The van der Waals surface area contributed by atoms with Gasteiger partial charge in [0, 0.05) is 28.4 Å². The summed E-state index contributed by atoms with van der Waals surface area (Å²) in [6, 6.07) is 6.13. The van der Waals surface area contributed by atoms with Gasteiger partial charge in [0.2, 0.25) is 0 Å². The maximum Gasteiger partial charge on any atom is 0.573 e. The molecule has 1 aliphatic rings. The second-order valence-corrected chi connectivity index (χ2v) is 6.76. The Hall–Kier alpha value is -3.74. The fourth-order valence-corrected chi connectivity index (χ4v) is 3.06. The average molecular weight is 454 g/mol. The predicted molar refractivity (Wildman–Crippen MR) is 99.3 cm³/mol. The van der Waals surface area contributed by atoms with Crippen LogP contribution in [0.2, 0.25) is 0 Å². The fraction of sp³-hybridized carbons (Fsp3) is 0.263. The number of fused-ring (bicyclic) bond motifs is 1. The van der Waals surface area contributed by atoms with Gasteiger partial charge in [-0.05, 0) is 23.1 Å². The van der Waals surface area contributed by atoms with E-state index in [0.29, 0.717) is 23.9 Å². The van der Waals surface area contributed by atoms with Crippen LogP contribution in [-0.2, 0) is 17.9 Å². The van der Waals surface area contributed by atoms with E-state index in [-0.39, 0.29) is 30.6 Å². The third-order valence-electron chi connectivity index (χ3n) is 4.49. The summed E-state index contributed by atoms with van der Waals surface area (Å²) in [4.78, 5) is 18.1. The van der Waals surface area contributed by atoms with Crippen LogP contribution in [0.1, 0.15) is 5.69 Å². The second kappa shape index (κ2) is 8.42. The Kier molecular flexibility index (Phi) is 5.65. The van der Waals surface area contributed by atoms with Gasteiger partial charge < -0.3 is 24.3 Å². The molecule has 1 aromatic carbocycles. The van der Waals surface area contributed by atoms with Gasteiger partial charge >= 0.3 is 18.2 Å². The molecule has 0 aliphatic carbocycles. The number of ether oxygens (including phenoxy) is 3. The molecule has 3 heterocycles. The number of halogens is 4. The van der Waals surface area contributed by atoms with E-state index in [0.717, 1.165) is 6.07 Å². The number of hydrogen-bond donors (Lipinski definition) is 0. The lowest BCUT2D eigenvalue weighted by molar-refractivity contribution is -0.389. The van der Waals surface area contributed by atoms with Gasteiger partial charge in [-0.2, -0.15) is 0 Å². The maximum atomic E-state index is 14.2. The summed E-state index contributed by atoms with van der Waals surface area (Å²) >= 11 is 0. The molecule has 0 unspecified atom stereocenters. The highest BCUT2D eigenvalue weighted by Crippen LogP contribution is 2.29. The quantitative estimate of drug-likeness (QED) is 0.317. The molecule has 0 amide bonds. The SMILES string of the molecule is O=[N+]([O-])c1cn2c(n1)OC[C@H](OCc1ccc(-c3ccc(OC(F)(F)F)cc3F)cn1)C2. The van der Waals surface area contributed by atoms with Crippen molar-refractivity contribution in [2.75, 3.05) is 6.61 Å². The van der Waals surface area contributed by atoms with Crippen LogP contribution in [-0.4, -0.2) is 38.5 Å². The normalized spacial score (nSPS) is 15.7. The van der Waals surface area contributed by atoms with E-state index in [4.69, 9.17) is 9.47 Å². The maximum absolute atomic E-state index is 14.2. The van der Waals surface area contributed by atoms with E-state index in [9.17, 15) is 27.7 Å². The second-order valence-electron chi connectivity index (χ2n) is 6.76. The molecule has 0 radical (unpaired) electrons. The monoisotopic (exact) mass is 454 g/mol. The standard InChI is InChI=1S/C19H14F4N4O5/c20-16-5-13(32-19(21,22)23)3-4-15(16)11-1-2-12(24-6-11)9-30-14-7-26-8-17(27(28)29)25-18(26)31-10-14/h1-6,8,14H,7,9-10H2/t14-/m1/s1. The molecule has 0 saturated carbocycles. The van der Waals surface area contributed by atoms with E-state index in [2.05, 4.69) is 14.7 Å². The number of imidazole rings is 1. The Balaban J connectivity index is 1.37. The van der Waals surface area contributed by atoms with Gasteiger partial charge in [0.05, 0.1) is 18.8 Å². The summed E-state index contributed by atoms with van der Waals surface area (Å²) in [5, 5.41) is 10.8. The number of aromatic nitrogens is 3. The molecular weight excluding hydrogens is 440 g/mol. The molecule has 0 spiro atoms. The van der Waals surface area contributed by atoms with Crippen molar-refractivity contribution in [1.29, 1.82) is 0 Å². The van der Waals surface area contributed by atoms with Crippen molar-refractivity contribution in [2.24, 2.45) is 0 Å². The average Bonchev–Trinajstić information content (AvgIpc) is 3.16. The number of hydrogen-bond acceptors (Lipinski definition) is 7. The van der Waals surface area contributed by atoms with Gasteiger partial charge in [-0.15, -0.1) is 13.2 Å². The lowest BCUT2D eigenvalue weighted by Gasteiger charge is -2.22. The van der Waals surface area contributed by atoms with Crippen LogP contribution in [0.5, 0.6) is 11.8 Å². The Morgan fingerprint density at radius 2 is 2.09 bits per heavy atom. The number of nitro groups is 1. The number of benzene rings is 1. The molecule has 0 fully saturated rings. The molecule has 0 bridgehead atoms. The van der Waals surface area contributed by atoms with Crippen molar-refractivity contribution in [3.8, 4) is 22.9 Å². The van der Waals surface area contributed by atoms with Crippen molar-refractivity contribution < 1.29 is 36.7 Å². The molecule has 0 N–H and O–H groups in total. The first-order chi connectivity index (χ1) is 15.2. The molecule has 3 aromatic rings. The third-order valence-corrected chi connectivity index (χ3v) is 4.49. The van der Waals surface area contributed by atoms with Crippen molar-refractivity contribution >= 4 is 5.82 Å². The van der Waals surface area contributed by atoms with Crippen molar-refractivity contribution in [1.82, 2.24) is 14.5 Å². The van der Waals surface area contributed by atoms with Crippen LogP contribution in [0.25, 0.3) is 11.1 Å². The molecule has 1 aliphatic heterocycles. The van der Waals surface area contributed by atoms with Crippen LogP contribution in [0.3, 0.4) is 0 Å². The van der Waals surface area contributed by atoms with Crippen LogP contribution >= 0.6 is 0 Å². The molecule has 2 aromatic heterocycles. The molecule has 1 atom stereocenters. The highest BCUT2D eigenvalue weighted by atomic mass is 19.4. The Labute approximate surface area is 177 Å². The Morgan fingerprint density at radius 3 is 2.75 bits per heavy atom. The van der Waals surface area contributed by atoms with E-state index >= 15 is 0 Å². The van der Waals surface area contributed by atoms with Crippen molar-refractivity contribution in [3.63, 3.8) is 0 Å². The highest BCUT2D eigenvalue weighted by Gasteiger charge is 2.31. The lowest BCUT2D eigenvalue weighted by atomic mass is 10.1. The molecule has 13 heteroatoms. The lowest BCUT2D eigenvalue weighted by Crippen LogP contribution is -2.32. The zero-order valence-corrected chi connectivity index (χ0v) is 16.1. The van der Waals surface area contributed by atoms with E-state index in [1.165, 1.54) is 23.0 Å². The van der Waals surface area contributed by atoms with E-state index in [1.807, 2.05) is 0 Å². The van der Waals surface area contributed by atoms with Gasteiger partial charge in [-0.1, -0.05) is 6.07 Å². The van der Waals surface area contributed by atoms with Crippen molar-refractivity contribution in [3.05, 3.63) is 64.4 Å². The fourth-order valence-electron chi connectivity index (χ4n) is 3.06. The van der Waals surface area contributed by atoms with Gasteiger partial charge in [0.1, 0.15) is 30.5 Å². The van der Waals surface area contributed by atoms with Crippen LogP contribution in [0.15, 0.2) is 42.7 Å². The van der Waals surface area contributed by atoms with Crippen LogP contribution < -0.4 is 9.47 Å². The van der Waals surface area contributed by atoms with Crippen LogP contribution in [0.4, 0.5) is 23.4 Å². The largest absolute Gasteiger partial charge is 0.573 e. The minimum absolute atomic E-state index is 0.0643. The third kappa shape index (κ3) is 4.94. The zero-order valence-electron chi connectivity index (χ0n) is 16.1. The number of nitrogens with zero attached hydrogens (tertiary/aromatic N) is 4. The Morgan fingerprint density at radius 1 is 1.28 bits per heavy atom. The summed E-state index contributed by atoms with van der Waals surface area (Å²) in [6.07, 6.45) is -2.67. The summed E-state index contributed by atoms with van der Waals surface area (Å²) < 4.78 is 67.2. The van der Waals surface area contributed by atoms with E-state index < -0.39 is 29.0 Å². The van der Waals surface area contributed by atoms with Gasteiger partial charge in [0.15, 0.2) is 0 Å². The topological polar surface area (TPSA) is 102 Å². The number of rotatable bonds is 6.